The molecule has 4 nitrogen and oxygen atoms in total. The summed E-state index contributed by atoms with van der Waals surface area (Å²) < 4.78 is 11.1. The van der Waals surface area contributed by atoms with Crippen molar-refractivity contribution in [2.45, 2.75) is 25.0 Å². The van der Waals surface area contributed by atoms with Crippen molar-refractivity contribution in [1.29, 1.82) is 0 Å². The fraction of sp³-hybridized carbons (Fsp3) is 0.300. The Kier molecular flexibility index (Phi) is 4.76. The van der Waals surface area contributed by atoms with E-state index in [2.05, 4.69) is 0 Å². The number of benzene rings is 2. The lowest BCUT2D eigenvalue weighted by Crippen LogP contribution is -2.51. The molecular formula is C20H21NO3. The molecule has 0 fully saturated rings. The lowest BCUT2D eigenvalue weighted by atomic mass is 9.91. The molecule has 1 unspecified atom stereocenters. The number of methoxy groups -OCH3 is 1. The molecular weight excluding hydrogens is 302 g/mol. The van der Waals surface area contributed by atoms with Crippen molar-refractivity contribution >= 4 is 11.7 Å². The second-order valence-corrected chi connectivity index (χ2v) is 6.13. The highest BCUT2D eigenvalue weighted by Crippen LogP contribution is 2.27. The first-order chi connectivity index (χ1) is 11.6. The number of nitrogens with zero attached hydrogens (tertiary/aromatic N) is 1. The Balaban J connectivity index is 1.98. The Morgan fingerprint density at radius 2 is 1.71 bits per heavy atom. The Labute approximate surface area is 142 Å². The normalized spacial score (nSPS) is 23.5. The molecule has 2 atom stereocenters. The van der Waals surface area contributed by atoms with Crippen LogP contribution < -0.4 is 0 Å². The largest absolute Gasteiger partial charge is 0.449 e. The van der Waals surface area contributed by atoms with Gasteiger partial charge in [0.2, 0.25) is 0 Å². The molecule has 0 N–H and O–H groups in total. The topological polar surface area (TPSA) is 47.9 Å². The molecule has 124 valence electrons. The summed E-state index contributed by atoms with van der Waals surface area (Å²) in [6, 6.07) is 19.1. The number of cyclic esters (lactones) is 1. The highest BCUT2D eigenvalue weighted by molar-refractivity contribution is 6.10. The molecule has 1 aliphatic rings. The number of hydrogen-bond donors (Lipinski definition) is 0. The van der Waals surface area contributed by atoms with Gasteiger partial charge in [-0.25, -0.2) is 4.79 Å². The second kappa shape index (κ2) is 6.97. The molecule has 4 heteroatoms. The van der Waals surface area contributed by atoms with E-state index in [4.69, 9.17) is 14.5 Å². The zero-order valence-electron chi connectivity index (χ0n) is 13.9. The van der Waals surface area contributed by atoms with Gasteiger partial charge in [-0.1, -0.05) is 60.7 Å². The van der Waals surface area contributed by atoms with Gasteiger partial charge in [-0.05, 0) is 18.1 Å². The molecule has 0 aromatic heterocycles. The van der Waals surface area contributed by atoms with Crippen LogP contribution in [0.5, 0.6) is 0 Å². The number of ether oxygens (including phenoxy) is 2. The van der Waals surface area contributed by atoms with Gasteiger partial charge in [0.15, 0.2) is 11.6 Å². The quantitative estimate of drug-likeness (QED) is 0.795. The minimum Gasteiger partial charge on any atom is -0.449 e. The molecule has 0 bridgehead atoms. The minimum atomic E-state index is -0.875. The average molecular weight is 323 g/mol. The van der Waals surface area contributed by atoms with Crippen LogP contribution in [0, 0.1) is 0 Å². The van der Waals surface area contributed by atoms with Crippen LogP contribution in [0.2, 0.25) is 0 Å². The first-order valence-electron chi connectivity index (χ1n) is 8.02. The molecule has 0 radical (unpaired) electrons. The van der Waals surface area contributed by atoms with Gasteiger partial charge in [0.1, 0.15) is 0 Å². The highest BCUT2D eigenvalue weighted by Gasteiger charge is 2.42. The van der Waals surface area contributed by atoms with Crippen molar-refractivity contribution in [3.8, 4) is 0 Å². The van der Waals surface area contributed by atoms with E-state index in [1.54, 1.807) is 7.11 Å². The summed E-state index contributed by atoms with van der Waals surface area (Å²) in [4.78, 5) is 17.2. The maximum atomic E-state index is 12.5. The van der Waals surface area contributed by atoms with Crippen LogP contribution >= 0.6 is 0 Å². The molecule has 0 spiro atoms. The Morgan fingerprint density at radius 3 is 2.33 bits per heavy atom. The molecule has 1 aliphatic heterocycles. The molecule has 2 aromatic rings. The maximum absolute atomic E-state index is 12.5. The van der Waals surface area contributed by atoms with Gasteiger partial charge < -0.3 is 9.47 Å². The molecule has 1 heterocycles. The van der Waals surface area contributed by atoms with Gasteiger partial charge in [-0.3, -0.25) is 4.99 Å². The van der Waals surface area contributed by atoms with Crippen molar-refractivity contribution in [2.75, 3.05) is 13.7 Å². The lowest BCUT2D eigenvalue weighted by molar-refractivity contribution is -0.159. The van der Waals surface area contributed by atoms with E-state index >= 15 is 0 Å². The van der Waals surface area contributed by atoms with Crippen LogP contribution in [0.25, 0.3) is 0 Å². The van der Waals surface area contributed by atoms with Crippen LogP contribution in [-0.2, 0) is 20.7 Å². The van der Waals surface area contributed by atoms with Crippen molar-refractivity contribution < 1.29 is 14.3 Å². The number of aliphatic imine (C=N–C) groups is 1. The first kappa shape index (κ1) is 16.4. The van der Waals surface area contributed by atoms with E-state index in [1.807, 2.05) is 67.6 Å². The van der Waals surface area contributed by atoms with Crippen molar-refractivity contribution in [1.82, 2.24) is 0 Å². The lowest BCUT2D eigenvalue weighted by Gasteiger charge is -2.36. The third kappa shape index (κ3) is 3.39. The molecule has 0 aliphatic carbocycles. The zero-order chi connectivity index (χ0) is 17.0. The second-order valence-electron chi connectivity index (χ2n) is 6.13. The summed E-state index contributed by atoms with van der Waals surface area (Å²) in [5.74, 6) is -0.307. The number of rotatable bonds is 5. The van der Waals surface area contributed by atoms with E-state index in [0.717, 1.165) is 16.8 Å². The number of hydrogen-bond acceptors (Lipinski definition) is 4. The standard InChI is InChI=1S/C20H21NO3/c1-20(14-23-2)18(16-11-7-4-8-12-16)21-17(19(22)24-20)13-15-9-5-3-6-10-15/h3-12,17H,13-14H2,1-2H3/t17?,20-/m0/s1. The van der Waals surface area contributed by atoms with Crippen LogP contribution in [-0.4, -0.2) is 37.0 Å². The fourth-order valence-corrected chi connectivity index (χ4v) is 3.00. The predicted octanol–water partition coefficient (Wildman–Crippen LogP) is 3.05. The number of esters is 1. The van der Waals surface area contributed by atoms with E-state index < -0.39 is 11.6 Å². The van der Waals surface area contributed by atoms with Gasteiger partial charge in [-0.15, -0.1) is 0 Å². The third-order valence-corrected chi connectivity index (χ3v) is 4.12. The molecule has 3 rings (SSSR count). The van der Waals surface area contributed by atoms with Gasteiger partial charge in [0.25, 0.3) is 0 Å². The van der Waals surface area contributed by atoms with E-state index in [1.165, 1.54) is 0 Å². The van der Waals surface area contributed by atoms with Crippen molar-refractivity contribution in [2.24, 2.45) is 4.99 Å². The third-order valence-electron chi connectivity index (χ3n) is 4.12. The molecule has 0 saturated carbocycles. The smallest absolute Gasteiger partial charge is 0.332 e. The van der Waals surface area contributed by atoms with Crippen molar-refractivity contribution in [3.05, 3.63) is 71.8 Å². The van der Waals surface area contributed by atoms with E-state index in [9.17, 15) is 4.79 Å². The summed E-state index contributed by atoms with van der Waals surface area (Å²) >= 11 is 0. The fourth-order valence-electron chi connectivity index (χ4n) is 3.00. The first-order valence-corrected chi connectivity index (χ1v) is 8.02. The summed E-state index contributed by atoms with van der Waals surface area (Å²) in [5, 5.41) is 0. The van der Waals surface area contributed by atoms with Crippen LogP contribution in [0.15, 0.2) is 65.7 Å². The monoisotopic (exact) mass is 323 g/mol. The predicted molar refractivity (Wildman–Crippen MR) is 93.3 cm³/mol. The van der Waals surface area contributed by atoms with E-state index in [0.29, 0.717) is 6.42 Å². The van der Waals surface area contributed by atoms with Gasteiger partial charge in [-0.2, -0.15) is 0 Å². The van der Waals surface area contributed by atoms with Gasteiger partial charge in [0, 0.05) is 13.5 Å². The number of carbonyl (C=O) groups excluding carboxylic acids is 1. The molecule has 2 aromatic carbocycles. The summed E-state index contributed by atoms with van der Waals surface area (Å²) in [6.07, 6.45) is 0.527. The average Bonchev–Trinajstić information content (AvgIpc) is 2.59. The Bertz CT molecular complexity index is 727. The SMILES string of the molecule is COC[C@]1(C)OC(=O)C(Cc2ccccc2)N=C1c1ccccc1. The highest BCUT2D eigenvalue weighted by atomic mass is 16.6. The van der Waals surface area contributed by atoms with Crippen LogP contribution in [0.3, 0.4) is 0 Å². The van der Waals surface area contributed by atoms with Gasteiger partial charge in [0.05, 0.1) is 12.3 Å². The Hall–Kier alpha value is -2.46. The van der Waals surface area contributed by atoms with Crippen LogP contribution in [0.1, 0.15) is 18.1 Å². The summed E-state index contributed by atoms with van der Waals surface area (Å²) in [6.45, 7) is 2.11. The Morgan fingerprint density at radius 1 is 1.08 bits per heavy atom. The minimum absolute atomic E-state index is 0.268. The number of carbonyl (C=O) groups is 1. The summed E-state index contributed by atoms with van der Waals surface area (Å²) in [7, 11) is 1.59. The zero-order valence-corrected chi connectivity index (χ0v) is 13.9. The van der Waals surface area contributed by atoms with Crippen LogP contribution in [0.4, 0.5) is 0 Å². The van der Waals surface area contributed by atoms with Gasteiger partial charge >= 0.3 is 5.97 Å². The van der Waals surface area contributed by atoms with E-state index in [-0.39, 0.29) is 12.6 Å². The van der Waals surface area contributed by atoms with Crippen molar-refractivity contribution in [3.63, 3.8) is 0 Å². The molecule has 0 saturated heterocycles. The summed E-state index contributed by atoms with van der Waals surface area (Å²) in [5.41, 5.74) is 1.89. The molecule has 0 amide bonds. The maximum Gasteiger partial charge on any atom is 0.332 e. The molecule has 24 heavy (non-hydrogen) atoms.